The van der Waals surface area contributed by atoms with Crippen molar-refractivity contribution in [1.82, 2.24) is 19.6 Å². The van der Waals surface area contributed by atoms with E-state index < -0.39 is 4.92 Å². The van der Waals surface area contributed by atoms with Crippen LogP contribution in [0.15, 0.2) is 28.9 Å². The summed E-state index contributed by atoms with van der Waals surface area (Å²) in [7, 11) is 0. The Morgan fingerprint density at radius 2 is 2.08 bits per heavy atom. The highest BCUT2D eigenvalue weighted by Crippen LogP contribution is 2.23. The van der Waals surface area contributed by atoms with Gasteiger partial charge in [0.2, 0.25) is 0 Å². The SMILES string of the molecule is Cc1cnn(C(=O)c2ccc(Cn3nc(C)c([N+](=O)[O-])c3C)o2)c1. The summed E-state index contributed by atoms with van der Waals surface area (Å²) in [4.78, 5) is 22.8. The van der Waals surface area contributed by atoms with Crippen LogP contribution < -0.4 is 0 Å². The summed E-state index contributed by atoms with van der Waals surface area (Å²) < 4.78 is 8.22. The van der Waals surface area contributed by atoms with Gasteiger partial charge in [0.15, 0.2) is 5.76 Å². The number of carbonyl (C=O) groups excluding carboxylic acids is 1. The third-order valence-electron chi connectivity index (χ3n) is 3.62. The predicted molar refractivity (Wildman–Crippen MR) is 82.9 cm³/mol. The van der Waals surface area contributed by atoms with Crippen LogP contribution in [0.25, 0.3) is 0 Å². The van der Waals surface area contributed by atoms with Crippen LogP contribution in [0.3, 0.4) is 0 Å². The molecule has 9 heteroatoms. The lowest BCUT2D eigenvalue weighted by Gasteiger charge is -2.01. The molecule has 0 aliphatic heterocycles. The smallest absolute Gasteiger partial charge is 0.313 e. The van der Waals surface area contributed by atoms with Gasteiger partial charge in [-0.15, -0.1) is 0 Å². The maximum Gasteiger partial charge on any atom is 0.313 e. The van der Waals surface area contributed by atoms with E-state index in [1.807, 2.05) is 6.92 Å². The molecule has 0 aliphatic rings. The Balaban J connectivity index is 1.83. The van der Waals surface area contributed by atoms with Gasteiger partial charge in [-0.2, -0.15) is 10.2 Å². The van der Waals surface area contributed by atoms with Gasteiger partial charge >= 0.3 is 11.6 Å². The van der Waals surface area contributed by atoms with Crippen molar-refractivity contribution in [2.75, 3.05) is 0 Å². The molecule has 0 amide bonds. The van der Waals surface area contributed by atoms with Crippen molar-refractivity contribution < 1.29 is 14.1 Å². The number of furan rings is 1. The molecule has 0 unspecified atom stereocenters. The molecule has 0 fully saturated rings. The van der Waals surface area contributed by atoms with E-state index in [1.165, 1.54) is 9.36 Å². The monoisotopic (exact) mass is 329 g/mol. The van der Waals surface area contributed by atoms with E-state index in [4.69, 9.17) is 4.42 Å². The first-order valence-corrected chi connectivity index (χ1v) is 7.20. The molecule has 24 heavy (non-hydrogen) atoms. The number of aryl methyl sites for hydroxylation is 2. The third-order valence-corrected chi connectivity index (χ3v) is 3.62. The van der Waals surface area contributed by atoms with Crippen LogP contribution in [0.1, 0.15) is 33.3 Å². The number of aromatic nitrogens is 4. The van der Waals surface area contributed by atoms with Crippen LogP contribution in [-0.2, 0) is 6.54 Å². The number of nitro groups is 1. The predicted octanol–water partition coefficient (Wildman–Crippen LogP) is 2.24. The van der Waals surface area contributed by atoms with Crippen molar-refractivity contribution in [3.63, 3.8) is 0 Å². The van der Waals surface area contributed by atoms with Crippen molar-refractivity contribution in [2.45, 2.75) is 27.3 Å². The van der Waals surface area contributed by atoms with E-state index in [0.29, 0.717) is 17.1 Å². The standard InChI is InChI=1S/C15H15N5O4/c1-9-6-16-19(7-9)15(21)13-5-4-12(24-13)8-18-11(3)14(20(22)23)10(2)17-18/h4-7H,8H2,1-3H3. The maximum absolute atomic E-state index is 12.2. The molecule has 0 aliphatic carbocycles. The van der Waals surface area contributed by atoms with Gasteiger partial charge in [-0.3, -0.25) is 19.6 Å². The lowest BCUT2D eigenvalue weighted by Crippen LogP contribution is -2.11. The number of hydrogen-bond acceptors (Lipinski definition) is 6. The second-order valence-electron chi connectivity index (χ2n) is 5.47. The minimum Gasteiger partial charge on any atom is -0.454 e. The van der Waals surface area contributed by atoms with Crippen molar-refractivity contribution in [3.8, 4) is 0 Å². The minimum atomic E-state index is -0.453. The van der Waals surface area contributed by atoms with E-state index in [-0.39, 0.29) is 23.9 Å². The molecule has 0 N–H and O–H groups in total. The van der Waals surface area contributed by atoms with Crippen molar-refractivity contribution in [2.24, 2.45) is 0 Å². The first kappa shape index (κ1) is 15.7. The summed E-state index contributed by atoms with van der Waals surface area (Å²) in [6, 6.07) is 3.20. The fourth-order valence-corrected chi connectivity index (χ4v) is 2.47. The van der Waals surface area contributed by atoms with Crippen LogP contribution in [0.4, 0.5) is 5.69 Å². The third kappa shape index (κ3) is 2.71. The molecule has 0 spiro atoms. The van der Waals surface area contributed by atoms with E-state index in [1.54, 1.807) is 38.4 Å². The van der Waals surface area contributed by atoms with Gasteiger partial charge in [0.25, 0.3) is 0 Å². The van der Waals surface area contributed by atoms with Crippen LogP contribution >= 0.6 is 0 Å². The first-order valence-electron chi connectivity index (χ1n) is 7.20. The molecule has 0 radical (unpaired) electrons. The Kier molecular flexibility index (Phi) is 3.76. The summed E-state index contributed by atoms with van der Waals surface area (Å²) in [6.45, 7) is 5.24. The van der Waals surface area contributed by atoms with Gasteiger partial charge in [0.1, 0.15) is 17.1 Å². The van der Waals surface area contributed by atoms with Crippen LogP contribution in [0.2, 0.25) is 0 Å². The summed E-state index contributed by atoms with van der Waals surface area (Å²) in [5, 5.41) is 19.1. The fourth-order valence-electron chi connectivity index (χ4n) is 2.47. The van der Waals surface area contributed by atoms with Gasteiger partial charge in [-0.1, -0.05) is 0 Å². The largest absolute Gasteiger partial charge is 0.454 e. The summed E-state index contributed by atoms with van der Waals surface area (Å²) in [5.41, 5.74) is 1.63. The fraction of sp³-hybridized carbons (Fsp3) is 0.267. The summed E-state index contributed by atoms with van der Waals surface area (Å²) in [5.74, 6) is 0.237. The lowest BCUT2D eigenvalue weighted by atomic mass is 10.3. The maximum atomic E-state index is 12.2. The first-order chi connectivity index (χ1) is 11.4. The van der Waals surface area contributed by atoms with Gasteiger partial charge in [-0.05, 0) is 38.5 Å². The van der Waals surface area contributed by atoms with E-state index in [9.17, 15) is 14.9 Å². The highest BCUT2D eigenvalue weighted by Gasteiger charge is 2.22. The van der Waals surface area contributed by atoms with Gasteiger partial charge in [-0.25, -0.2) is 4.68 Å². The molecule has 9 nitrogen and oxygen atoms in total. The zero-order chi connectivity index (χ0) is 17.4. The minimum absolute atomic E-state index is 0.00938. The molecule has 0 atom stereocenters. The second kappa shape index (κ2) is 5.76. The van der Waals surface area contributed by atoms with Crippen LogP contribution in [-0.4, -0.2) is 30.4 Å². The Morgan fingerprint density at radius 1 is 1.33 bits per heavy atom. The van der Waals surface area contributed by atoms with Crippen LogP contribution in [0, 0.1) is 30.9 Å². The topological polar surface area (TPSA) is 109 Å². The molecular weight excluding hydrogens is 314 g/mol. The normalized spacial score (nSPS) is 11.0. The zero-order valence-electron chi connectivity index (χ0n) is 13.4. The molecule has 3 aromatic heterocycles. The van der Waals surface area contributed by atoms with E-state index in [2.05, 4.69) is 10.2 Å². The van der Waals surface area contributed by atoms with E-state index in [0.717, 1.165) is 5.56 Å². The van der Waals surface area contributed by atoms with Crippen LogP contribution in [0.5, 0.6) is 0 Å². The molecule has 0 saturated heterocycles. The lowest BCUT2D eigenvalue weighted by molar-refractivity contribution is -0.386. The molecule has 3 aromatic rings. The van der Waals surface area contributed by atoms with Gasteiger partial charge in [0, 0.05) is 6.20 Å². The quantitative estimate of drug-likeness (QED) is 0.536. The number of nitrogens with zero attached hydrogens (tertiary/aromatic N) is 5. The summed E-state index contributed by atoms with van der Waals surface area (Å²) >= 11 is 0. The molecule has 0 aromatic carbocycles. The van der Waals surface area contributed by atoms with Crippen molar-refractivity contribution in [1.29, 1.82) is 0 Å². The molecule has 124 valence electrons. The van der Waals surface area contributed by atoms with Crippen molar-refractivity contribution >= 4 is 11.6 Å². The van der Waals surface area contributed by atoms with Crippen molar-refractivity contribution in [3.05, 3.63) is 63.1 Å². The number of hydrogen-bond donors (Lipinski definition) is 0. The van der Waals surface area contributed by atoms with E-state index >= 15 is 0 Å². The molecular formula is C15H15N5O4. The Bertz CT molecular complexity index is 934. The second-order valence-corrected chi connectivity index (χ2v) is 5.47. The molecule has 0 bridgehead atoms. The number of carbonyl (C=O) groups is 1. The Labute approximate surface area is 136 Å². The van der Waals surface area contributed by atoms with Gasteiger partial charge < -0.3 is 4.42 Å². The Morgan fingerprint density at radius 3 is 2.67 bits per heavy atom. The zero-order valence-corrected chi connectivity index (χ0v) is 13.4. The van der Waals surface area contributed by atoms with Gasteiger partial charge in [0.05, 0.1) is 17.7 Å². The average molecular weight is 329 g/mol. The molecule has 3 rings (SSSR count). The number of rotatable bonds is 4. The molecule has 0 saturated carbocycles. The highest BCUT2D eigenvalue weighted by molar-refractivity contribution is 5.92. The summed E-state index contributed by atoms with van der Waals surface area (Å²) in [6.07, 6.45) is 3.19. The average Bonchev–Trinajstić information content (AvgIpc) is 3.20. The highest BCUT2D eigenvalue weighted by atomic mass is 16.6. The Hall–Kier alpha value is -3.23. The molecule has 3 heterocycles.